The first kappa shape index (κ1) is 15.6. The van der Waals surface area contributed by atoms with Crippen LogP contribution in [0.2, 0.25) is 0 Å². The van der Waals surface area contributed by atoms with Gasteiger partial charge in [-0.25, -0.2) is 4.98 Å². The van der Waals surface area contributed by atoms with Gasteiger partial charge in [-0.1, -0.05) is 34.6 Å². The highest BCUT2D eigenvalue weighted by atomic mass is 15.2. The van der Waals surface area contributed by atoms with Crippen molar-refractivity contribution in [2.24, 2.45) is 5.92 Å². The third-order valence-electron chi connectivity index (χ3n) is 5.00. The van der Waals surface area contributed by atoms with Crippen molar-refractivity contribution in [3.05, 3.63) is 17.2 Å². The highest BCUT2D eigenvalue weighted by Gasteiger charge is 2.33. The van der Waals surface area contributed by atoms with Gasteiger partial charge < -0.3 is 9.88 Å². The fraction of sp³-hybridized carbons (Fsp3) is 0.824. The summed E-state index contributed by atoms with van der Waals surface area (Å²) in [5, 5.41) is 3.46. The maximum absolute atomic E-state index is 5.00. The molecule has 0 aromatic carbocycles. The molecule has 0 aliphatic carbocycles. The Hall–Kier alpha value is -0.830. The molecule has 20 heavy (non-hydrogen) atoms. The van der Waals surface area contributed by atoms with E-state index in [1.54, 1.807) is 0 Å². The number of nitrogens with one attached hydrogen (secondary N) is 1. The molecule has 0 radical (unpaired) electrons. The number of imidazole rings is 1. The summed E-state index contributed by atoms with van der Waals surface area (Å²) in [6.07, 6.45) is 5.81. The largest absolute Gasteiger partial charge is 0.326 e. The van der Waals surface area contributed by atoms with Crippen LogP contribution in [0.1, 0.15) is 71.1 Å². The lowest BCUT2D eigenvalue weighted by molar-refractivity contribution is 0.233. The lowest BCUT2D eigenvalue weighted by Gasteiger charge is -2.36. The van der Waals surface area contributed by atoms with Crippen molar-refractivity contribution in [1.82, 2.24) is 14.9 Å². The molecular formula is C17H31N3. The second-order valence-electron chi connectivity index (χ2n) is 6.57. The predicted octanol–water partition coefficient (Wildman–Crippen LogP) is 3.65. The summed E-state index contributed by atoms with van der Waals surface area (Å²) in [5.74, 6) is 1.98. The van der Waals surface area contributed by atoms with Gasteiger partial charge in [-0.2, -0.15) is 0 Å². The molecule has 0 unspecified atom stereocenters. The van der Waals surface area contributed by atoms with E-state index in [0.717, 1.165) is 25.9 Å². The fourth-order valence-corrected chi connectivity index (χ4v) is 3.65. The van der Waals surface area contributed by atoms with Crippen molar-refractivity contribution in [3.63, 3.8) is 0 Å². The molecule has 3 nitrogen and oxygen atoms in total. The minimum absolute atomic E-state index is 0.266. The third kappa shape index (κ3) is 2.65. The number of hydrogen-bond acceptors (Lipinski definition) is 2. The maximum atomic E-state index is 5.00. The molecule has 1 aromatic heterocycles. The van der Waals surface area contributed by atoms with Crippen LogP contribution in [-0.4, -0.2) is 16.1 Å². The summed E-state index contributed by atoms with van der Waals surface area (Å²) in [5.41, 5.74) is 3.07. The Morgan fingerprint density at radius 3 is 2.40 bits per heavy atom. The molecule has 2 rings (SSSR count). The Morgan fingerprint density at radius 1 is 1.20 bits per heavy atom. The molecule has 0 fully saturated rings. The van der Waals surface area contributed by atoms with Crippen LogP contribution in [0.5, 0.6) is 0 Å². The first-order valence-corrected chi connectivity index (χ1v) is 8.38. The van der Waals surface area contributed by atoms with E-state index in [0.29, 0.717) is 5.92 Å². The zero-order valence-electron chi connectivity index (χ0n) is 13.9. The summed E-state index contributed by atoms with van der Waals surface area (Å²) >= 11 is 0. The normalized spacial score (nSPS) is 15.7. The van der Waals surface area contributed by atoms with Gasteiger partial charge in [0.1, 0.15) is 5.82 Å². The standard InChI is InChI=1S/C17H31N3/c1-6-17(7-2,8-3)20-15-9-10-18-12-14(15)19-16(20)11-13(4)5/h13,18H,6-12H2,1-5H3. The number of rotatable bonds is 6. The molecule has 0 saturated carbocycles. The number of fused-ring (bicyclic) bond motifs is 1. The number of nitrogens with zero attached hydrogens (tertiary/aromatic N) is 2. The van der Waals surface area contributed by atoms with Crippen molar-refractivity contribution in [2.45, 2.75) is 78.8 Å². The van der Waals surface area contributed by atoms with Crippen LogP contribution >= 0.6 is 0 Å². The lowest BCUT2D eigenvalue weighted by Crippen LogP contribution is -2.36. The number of hydrogen-bond donors (Lipinski definition) is 1. The molecule has 1 aliphatic rings. The van der Waals surface area contributed by atoms with Gasteiger partial charge in [0.15, 0.2) is 0 Å². The summed E-state index contributed by atoms with van der Waals surface area (Å²) in [6, 6.07) is 0. The van der Waals surface area contributed by atoms with E-state index in [2.05, 4.69) is 44.5 Å². The first-order valence-electron chi connectivity index (χ1n) is 8.38. The molecule has 2 heterocycles. The number of aromatic nitrogens is 2. The molecule has 0 atom stereocenters. The molecule has 114 valence electrons. The molecule has 1 aliphatic heterocycles. The van der Waals surface area contributed by atoms with Crippen LogP contribution in [0, 0.1) is 5.92 Å². The average Bonchev–Trinajstić information content (AvgIpc) is 2.80. The van der Waals surface area contributed by atoms with Crippen LogP contribution < -0.4 is 5.32 Å². The van der Waals surface area contributed by atoms with E-state index >= 15 is 0 Å². The molecule has 1 N–H and O–H groups in total. The molecular weight excluding hydrogens is 246 g/mol. The average molecular weight is 277 g/mol. The summed E-state index contributed by atoms with van der Waals surface area (Å²) < 4.78 is 2.64. The van der Waals surface area contributed by atoms with Crippen molar-refractivity contribution < 1.29 is 0 Å². The fourth-order valence-electron chi connectivity index (χ4n) is 3.65. The van der Waals surface area contributed by atoms with Gasteiger partial charge in [0.2, 0.25) is 0 Å². The monoisotopic (exact) mass is 277 g/mol. The van der Waals surface area contributed by atoms with E-state index in [1.165, 1.54) is 36.5 Å². The predicted molar refractivity (Wildman–Crippen MR) is 85.0 cm³/mol. The van der Waals surface area contributed by atoms with E-state index in [1.807, 2.05) is 0 Å². The van der Waals surface area contributed by atoms with Gasteiger partial charge in [-0.3, -0.25) is 0 Å². The summed E-state index contributed by atoms with van der Waals surface area (Å²) in [6.45, 7) is 13.6. The van der Waals surface area contributed by atoms with Crippen molar-refractivity contribution in [2.75, 3.05) is 6.54 Å². The summed E-state index contributed by atoms with van der Waals surface area (Å²) in [7, 11) is 0. The topological polar surface area (TPSA) is 29.9 Å². The highest BCUT2D eigenvalue weighted by molar-refractivity contribution is 5.23. The smallest absolute Gasteiger partial charge is 0.110 e. The van der Waals surface area contributed by atoms with E-state index in [-0.39, 0.29) is 5.54 Å². The van der Waals surface area contributed by atoms with Gasteiger partial charge in [-0.15, -0.1) is 0 Å². The summed E-state index contributed by atoms with van der Waals surface area (Å²) in [4.78, 5) is 5.00. The van der Waals surface area contributed by atoms with Crippen LogP contribution in [-0.2, 0) is 24.9 Å². The molecule has 0 spiro atoms. The quantitative estimate of drug-likeness (QED) is 0.860. The Labute approximate surface area is 124 Å². The van der Waals surface area contributed by atoms with Crippen LogP contribution in [0.15, 0.2) is 0 Å². The van der Waals surface area contributed by atoms with Gasteiger partial charge in [0.25, 0.3) is 0 Å². The van der Waals surface area contributed by atoms with E-state index < -0.39 is 0 Å². The second kappa shape index (κ2) is 6.30. The van der Waals surface area contributed by atoms with Gasteiger partial charge in [0.05, 0.1) is 5.69 Å². The van der Waals surface area contributed by atoms with Crippen LogP contribution in [0.25, 0.3) is 0 Å². The Balaban J connectivity index is 2.55. The van der Waals surface area contributed by atoms with Crippen LogP contribution in [0.3, 0.4) is 0 Å². The third-order valence-corrected chi connectivity index (χ3v) is 5.00. The SMILES string of the molecule is CCC(CC)(CC)n1c(CC(C)C)nc2c1CCNC2. The van der Waals surface area contributed by atoms with Crippen molar-refractivity contribution >= 4 is 0 Å². The minimum atomic E-state index is 0.266. The maximum Gasteiger partial charge on any atom is 0.110 e. The molecule has 3 heteroatoms. The Bertz CT molecular complexity index is 433. The Kier molecular flexibility index (Phi) is 4.90. The molecule has 0 saturated heterocycles. The molecule has 0 amide bonds. The lowest BCUT2D eigenvalue weighted by atomic mass is 9.88. The zero-order valence-corrected chi connectivity index (χ0v) is 13.9. The Morgan fingerprint density at radius 2 is 1.85 bits per heavy atom. The van der Waals surface area contributed by atoms with E-state index in [4.69, 9.17) is 4.98 Å². The highest BCUT2D eigenvalue weighted by Crippen LogP contribution is 2.34. The zero-order chi connectivity index (χ0) is 14.8. The molecule has 1 aromatic rings. The van der Waals surface area contributed by atoms with Crippen LogP contribution in [0.4, 0.5) is 0 Å². The molecule has 0 bridgehead atoms. The second-order valence-corrected chi connectivity index (χ2v) is 6.57. The minimum Gasteiger partial charge on any atom is -0.326 e. The van der Waals surface area contributed by atoms with E-state index in [9.17, 15) is 0 Å². The van der Waals surface area contributed by atoms with Gasteiger partial charge in [0, 0.05) is 37.2 Å². The van der Waals surface area contributed by atoms with Gasteiger partial charge >= 0.3 is 0 Å². The van der Waals surface area contributed by atoms with Crippen molar-refractivity contribution in [1.29, 1.82) is 0 Å². The van der Waals surface area contributed by atoms with Gasteiger partial charge in [-0.05, 0) is 25.2 Å². The van der Waals surface area contributed by atoms with Crippen molar-refractivity contribution in [3.8, 4) is 0 Å². The first-order chi connectivity index (χ1) is 9.57.